The van der Waals surface area contributed by atoms with Gasteiger partial charge in [-0.2, -0.15) is 0 Å². The van der Waals surface area contributed by atoms with Crippen molar-refractivity contribution in [1.82, 2.24) is 14.5 Å². The molecule has 1 aliphatic rings. The van der Waals surface area contributed by atoms with E-state index in [1.807, 2.05) is 27.7 Å². The summed E-state index contributed by atoms with van der Waals surface area (Å²) in [5, 5.41) is 0. The summed E-state index contributed by atoms with van der Waals surface area (Å²) in [5.74, 6) is 1.00. The van der Waals surface area contributed by atoms with E-state index in [-0.39, 0.29) is 5.91 Å². The number of imidazole rings is 1. The number of hydrogen-bond donors (Lipinski definition) is 1. The highest BCUT2D eigenvalue weighted by Crippen LogP contribution is 2.21. The third-order valence-corrected chi connectivity index (χ3v) is 4.31. The van der Waals surface area contributed by atoms with Crippen molar-refractivity contribution < 1.29 is 9.53 Å². The van der Waals surface area contributed by atoms with Crippen molar-refractivity contribution in [2.45, 2.75) is 25.8 Å². The van der Waals surface area contributed by atoms with Crippen molar-refractivity contribution in [2.75, 3.05) is 20.2 Å². The van der Waals surface area contributed by atoms with E-state index in [0.29, 0.717) is 17.7 Å². The Hall–Kier alpha value is -1.82. The summed E-state index contributed by atoms with van der Waals surface area (Å²) < 4.78 is 7.88. The first-order chi connectivity index (χ1) is 10.2. The number of rotatable bonds is 4. The number of aryl methyl sites for hydroxylation is 1. The van der Waals surface area contributed by atoms with E-state index < -0.39 is 0 Å². The van der Waals surface area contributed by atoms with Crippen LogP contribution in [0.15, 0.2) is 18.2 Å². The molecule has 1 amide bonds. The number of nitrogens with one attached hydrogen (secondary N) is 1. The summed E-state index contributed by atoms with van der Waals surface area (Å²) in [7, 11) is 1.64. The third kappa shape index (κ3) is 2.81. The lowest BCUT2D eigenvalue weighted by Gasteiger charge is -2.15. The number of carbonyl (C=O) groups excluding carboxylic acids is 1. The van der Waals surface area contributed by atoms with Crippen molar-refractivity contribution in [3.63, 3.8) is 0 Å². The predicted octanol–water partition coefficient (Wildman–Crippen LogP) is 2.72. The number of ether oxygens (including phenoxy) is 1. The Kier molecular flexibility index (Phi) is 3.96. The number of aromatic nitrogens is 2. The molecular weight excluding hydrogens is 286 g/mol. The molecule has 0 atom stereocenters. The molecule has 3 rings (SSSR count). The Bertz CT molecular complexity index is 713. The van der Waals surface area contributed by atoms with E-state index in [1.54, 1.807) is 7.11 Å². The molecule has 1 N–H and O–H groups in total. The largest absolute Gasteiger partial charge is 0.497 e. The van der Waals surface area contributed by atoms with Crippen LogP contribution in [0.3, 0.4) is 0 Å². The van der Waals surface area contributed by atoms with Crippen molar-refractivity contribution in [1.29, 1.82) is 0 Å². The minimum atomic E-state index is 0.214. The van der Waals surface area contributed by atoms with Crippen LogP contribution in [0.25, 0.3) is 11.0 Å². The molecule has 1 aromatic heterocycles. The topological polar surface area (TPSA) is 50.3 Å². The van der Waals surface area contributed by atoms with E-state index in [4.69, 9.17) is 17.0 Å². The molecule has 6 heteroatoms. The second kappa shape index (κ2) is 5.89. The van der Waals surface area contributed by atoms with Crippen molar-refractivity contribution in [2.24, 2.45) is 0 Å². The molecular formula is C15H19N3O2S. The molecule has 0 spiro atoms. The van der Waals surface area contributed by atoms with Crippen LogP contribution in [-0.4, -0.2) is 40.6 Å². The normalized spacial score (nSPS) is 14.8. The monoisotopic (exact) mass is 305 g/mol. The van der Waals surface area contributed by atoms with Gasteiger partial charge in [-0.1, -0.05) is 0 Å². The number of methoxy groups -OCH3 is 1. The Morgan fingerprint density at radius 1 is 1.38 bits per heavy atom. The lowest BCUT2D eigenvalue weighted by Crippen LogP contribution is -2.28. The van der Waals surface area contributed by atoms with Crippen LogP contribution in [0, 0.1) is 4.77 Å². The number of likely N-dealkylation sites (tertiary alicyclic amines) is 1. The molecule has 1 fully saturated rings. The summed E-state index contributed by atoms with van der Waals surface area (Å²) in [5.41, 5.74) is 1.95. The Morgan fingerprint density at radius 2 is 2.14 bits per heavy atom. The van der Waals surface area contributed by atoms with E-state index in [0.717, 1.165) is 42.7 Å². The van der Waals surface area contributed by atoms with Gasteiger partial charge in [0.15, 0.2) is 4.77 Å². The minimum absolute atomic E-state index is 0.214. The quantitative estimate of drug-likeness (QED) is 0.884. The number of benzene rings is 1. The first kappa shape index (κ1) is 14.1. The molecule has 2 heterocycles. The predicted molar refractivity (Wildman–Crippen MR) is 84.1 cm³/mol. The fraction of sp³-hybridized carbons (Fsp3) is 0.467. The van der Waals surface area contributed by atoms with Crippen LogP contribution in [0.4, 0.5) is 0 Å². The van der Waals surface area contributed by atoms with Gasteiger partial charge in [0, 0.05) is 32.1 Å². The van der Waals surface area contributed by atoms with Gasteiger partial charge in [0.1, 0.15) is 5.75 Å². The van der Waals surface area contributed by atoms with Gasteiger partial charge in [-0.25, -0.2) is 0 Å². The number of aromatic amines is 1. The maximum absolute atomic E-state index is 12.2. The van der Waals surface area contributed by atoms with Crippen molar-refractivity contribution >= 4 is 29.2 Å². The molecule has 1 saturated heterocycles. The van der Waals surface area contributed by atoms with Gasteiger partial charge in [-0.3, -0.25) is 4.79 Å². The van der Waals surface area contributed by atoms with E-state index in [1.165, 1.54) is 0 Å². The standard InChI is InChI=1S/C15H19N3O2S/c1-20-11-4-5-12-13(10-11)18(15(21)16-12)9-6-14(19)17-7-2-3-8-17/h4-5,10H,2-3,6-9H2,1H3,(H,16,21). The SMILES string of the molecule is COc1ccc2[nH]c(=S)n(CCC(=O)N3CCCC3)c2c1. The Balaban J connectivity index is 1.81. The highest BCUT2D eigenvalue weighted by atomic mass is 32.1. The van der Waals surface area contributed by atoms with Crippen molar-refractivity contribution in [3.8, 4) is 5.75 Å². The lowest BCUT2D eigenvalue weighted by molar-refractivity contribution is -0.130. The fourth-order valence-corrected chi connectivity index (χ4v) is 3.11. The third-order valence-electron chi connectivity index (χ3n) is 3.99. The number of hydrogen-bond acceptors (Lipinski definition) is 3. The molecule has 5 nitrogen and oxygen atoms in total. The number of carbonyl (C=O) groups is 1. The van der Waals surface area contributed by atoms with Crippen LogP contribution in [0.1, 0.15) is 19.3 Å². The molecule has 112 valence electrons. The number of fused-ring (bicyclic) bond motifs is 1. The molecule has 1 aliphatic heterocycles. The average Bonchev–Trinajstić information content (AvgIpc) is 3.11. The first-order valence-electron chi connectivity index (χ1n) is 7.23. The molecule has 0 radical (unpaired) electrons. The zero-order chi connectivity index (χ0) is 14.8. The van der Waals surface area contributed by atoms with Crippen LogP contribution >= 0.6 is 12.2 Å². The summed E-state index contributed by atoms with van der Waals surface area (Å²) >= 11 is 5.36. The molecule has 2 aromatic rings. The zero-order valence-corrected chi connectivity index (χ0v) is 12.9. The number of nitrogens with zero attached hydrogens (tertiary/aromatic N) is 2. The Morgan fingerprint density at radius 3 is 2.86 bits per heavy atom. The summed E-state index contributed by atoms with van der Waals surface area (Å²) in [6, 6.07) is 5.79. The van der Waals surface area contributed by atoms with Crippen LogP contribution in [0.2, 0.25) is 0 Å². The maximum Gasteiger partial charge on any atom is 0.224 e. The summed E-state index contributed by atoms with van der Waals surface area (Å²) in [6.45, 7) is 2.39. The minimum Gasteiger partial charge on any atom is -0.497 e. The molecule has 0 bridgehead atoms. The zero-order valence-electron chi connectivity index (χ0n) is 12.1. The van der Waals surface area contributed by atoms with Crippen LogP contribution in [-0.2, 0) is 11.3 Å². The Labute approximate surface area is 128 Å². The molecule has 1 aromatic carbocycles. The highest BCUT2D eigenvalue weighted by Gasteiger charge is 2.18. The second-order valence-corrected chi connectivity index (χ2v) is 5.69. The van der Waals surface area contributed by atoms with Crippen LogP contribution in [0.5, 0.6) is 5.75 Å². The molecule has 21 heavy (non-hydrogen) atoms. The summed E-state index contributed by atoms with van der Waals surface area (Å²) in [4.78, 5) is 17.3. The van der Waals surface area contributed by atoms with E-state index in [2.05, 4.69) is 4.98 Å². The van der Waals surface area contributed by atoms with E-state index >= 15 is 0 Å². The summed E-state index contributed by atoms with van der Waals surface area (Å²) in [6.07, 6.45) is 2.73. The smallest absolute Gasteiger partial charge is 0.224 e. The fourth-order valence-electron chi connectivity index (χ4n) is 2.81. The van der Waals surface area contributed by atoms with Crippen molar-refractivity contribution in [3.05, 3.63) is 23.0 Å². The van der Waals surface area contributed by atoms with Gasteiger partial charge in [-0.15, -0.1) is 0 Å². The van der Waals surface area contributed by atoms with E-state index in [9.17, 15) is 4.79 Å². The van der Waals surface area contributed by atoms with Gasteiger partial charge < -0.3 is 19.2 Å². The van der Waals surface area contributed by atoms with Gasteiger partial charge in [0.05, 0.1) is 18.1 Å². The number of amides is 1. The van der Waals surface area contributed by atoms with Gasteiger partial charge in [0.25, 0.3) is 0 Å². The van der Waals surface area contributed by atoms with Gasteiger partial charge in [0.2, 0.25) is 5.91 Å². The molecule has 0 aliphatic carbocycles. The maximum atomic E-state index is 12.2. The highest BCUT2D eigenvalue weighted by molar-refractivity contribution is 7.71. The van der Waals surface area contributed by atoms with Gasteiger partial charge in [-0.05, 0) is 37.2 Å². The van der Waals surface area contributed by atoms with Gasteiger partial charge >= 0.3 is 0 Å². The van der Waals surface area contributed by atoms with Crippen LogP contribution < -0.4 is 4.74 Å². The molecule has 0 unspecified atom stereocenters. The lowest BCUT2D eigenvalue weighted by atomic mass is 10.3. The first-order valence-corrected chi connectivity index (χ1v) is 7.64. The second-order valence-electron chi connectivity index (χ2n) is 5.30. The average molecular weight is 305 g/mol. The number of H-pyrrole nitrogens is 1. The molecule has 0 saturated carbocycles.